The number of nitrogens with zero attached hydrogens (tertiary/aromatic N) is 4. The van der Waals surface area contributed by atoms with Crippen LogP contribution in [-0.4, -0.2) is 97.6 Å². The van der Waals surface area contributed by atoms with Crippen molar-refractivity contribution in [3.05, 3.63) is 0 Å². The van der Waals surface area contributed by atoms with Gasteiger partial charge in [-0.05, 0) is 80.3 Å². The van der Waals surface area contributed by atoms with Crippen LogP contribution in [0.25, 0.3) is 0 Å². The molecular formula is C19H42N4. The number of rotatable bonds is 11. The van der Waals surface area contributed by atoms with Crippen LogP contribution in [0.2, 0.25) is 0 Å². The zero-order valence-electron chi connectivity index (χ0n) is 16.7. The highest BCUT2D eigenvalue weighted by atomic mass is 15.3. The Labute approximate surface area is 145 Å². The highest BCUT2D eigenvalue weighted by molar-refractivity contribution is 4.73. The van der Waals surface area contributed by atoms with Gasteiger partial charge in [-0.15, -0.1) is 0 Å². The largest absolute Gasteiger partial charge is 0.304 e. The first kappa shape index (κ1) is 20.9. The summed E-state index contributed by atoms with van der Waals surface area (Å²) in [5.74, 6) is 0. The van der Waals surface area contributed by atoms with Crippen molar-refractivity contribution in [1.82, 2.24) is 19.6 Å². The van der Waals surface area contributed by atoms with Crippen molar-refractivity contribution < 1.29 is 0 Å². The third kappa shape index (κ3) is 8.48. The Morgan fingerprint density at radius 2 is 1.26 bits per heavy atom. The van der Waals surface area contributed by atoms with E-state index in [1.54, 1.807) is 0 Å². The van der Waals surface area contributed by atoms with Crippen molar-refractivity contribution in [3.8, 4) is 0 Å². The molecule has 0 aromatic heterocycles. The van der Waals surface area contributed by atoms with E-state index >= 15 is 0 Å². The normalized spacial score (nSPS) is 18.0. The van der Waals surface area contributed by atoms with Gasteiger partial charge >= 0.3 is 0 Å². The summed E-state index contributed by atoms with van der Waals surface area (Å²) in [6.45, 7) is 22.6. The molecule has 4 heteroatoms. The second-order valence-electron chi connectivity index (χ2n) is 7.69. The first-order valence-corrected chi connectivity index (χ1v) is 9.83. The van der Waals surface area contributed by atoms with Crippen LogP contribution in [0.3, 0.4) is 0 Å². The maximum atomic E-state index is 2.66. The van der Waals surface area contributed by atoms with E-state index < -0.39 is 0 Å². The van der Waals surface area contributed by atoms with Crippen molar-refractivity contribution >= 4 is 0 Å². The zero-order chi connectivity index (χ0) is 17.2. The van der Waals surface area contributed by atoms with Crippen LogP contribution >= 0.6 is 0 Å². The van der Waals surface area contributed by atoms with Crippen molar-refractivity contribution in [1.29, 1.82) is 0 Å². The molecule has 0 spiro atoms. The van der Waals surface area contributed by atoms with Gasteiger partial charge in [0.25, 0.3) is 0 Å². The van der Waals surface area contributed by atoms with Crippen molar-refractivity contribution in [3.63, 3.8) is 0 Å². The lowest BCUT2D eigenvalue weighted by atomic mass is 10.2. The maximum absolute atomic E-state index is 2.66. The molecule has 0 amide bonds. The molecule has 1 fully saturated rings. The molecule has 0 aromatic rings. The molecule has 1 aliphatic heterocycles. The van der Waals surface area contributed by atoms with E-state index in [4.69, 9.17) is 0 Å². The monoisotopic (exact) mass is 326 g/mol. The fourth-order valence-electron chi connectivity index (χ4n) is 3.32. The van der Waals surface area contributed by atoms with Gasteiger partial charge in [-0.1, -0.05) is 6.92 Å². The summed E-state index contributed by atoms with van der Waals surface area (Å²) < 4.78 is 0. The molecule has 1 rings (SSSR count). The van der Waals surface area contributed by atoms with E-state index in [1.807, 2.05) is 0 Å². The average Bonchev–Trinajstić information content (AvgIpc) is 2.52. The number of piperazine rings is 1. The number of hydrogen-bond acceptors (Lipinski definition) is 4. The second-order valence-corrected chi connectivity index (χ2v) is 7.69. The highest BCUT2D eigenvalue weighted by Gasteiger charge is 2.17. The van der Waals surface area contributed by atoms with Crippen molar-refractivity contribution in [2.45, 2.75) is 59.5 Å². The van der Waals surface area contributed by atoms with Gasteiger partial charge < -0.3 is 19.6 Å². The van der Waals surface area contributed by atoms with E-state index in [-0.39, 0.29) is 0 Å². The van der Waals surface area contributed by atoms with E-state index in [0.717, 1.165) is 0 Å². The van der Waals surface area contributed by atoms with E-state index in [9.17, 15) is 0 Å². The van der Waals surface area contributed by atoms with E-state index in [0.29, 0.717) is 12.1 Å². The lowest BCUT2D eigenvalue weighted by Gasteiger charge is -2.35. The number of hydrogen-bond donors (Lipinski definition) is 0. The van der Waals surface area contributed by atoms with Gasteiger partial charge in [0, 0.05) is 38.3 Å². The predicted molar refractivity (Wildman–Crippen MR) is 102 cm³/mol. The molecule has 1 saturated heterocycles. The van der Waals surface area contributed by atoms with Crippen molar-refractivity contribution in [2.75, 3.05) is 66.0 Å². The summed E-state index contributed by atoms with van der Waals surface area (Å²) in [7, 11) is 2.24. The lowest BCUT2D eigenvalue weighted by molar-refractivity contribution is 0.119. The molecule has 1 aliphatic rings. The lowest BCUT2D eigenvalue weighted by Crippen LogP contribution is -2.47. The van der Waals surface area contributed by atoms with Gasteiger partial charge in [0.05, 0.1) is 0 Å². The van der Waals surface area contributed by atoms with Crippen LogP contribution < -0.4 is 0 Å². The van der Waals surface area contributed by atoms with Gasteiger partial charge in [0.2, 0.25) is 0 Å². The molecule has 1 heterocycles. The zero-order valence-corrected chi connectivity index (χ0v) is 16.7. The molecule has 0 N–H and O–H groups in total. The summed E-state index contributed by atoms with van der Waals surface area (Å²) in [5, 5.41) is 0. The molecule has 23 heavy (non-hydrogen) atoms. The Morgan fingerprint density at radius 1 is 0.783 bits per heavy atom. The molecule has 0 unspecified atom stereocenters. The summed E-state index contributed by atoms with van der Waals surface area (Å²) in [5.41, 5.74) is 0. The standard InChI is InChI=1S/C19H42N4/c1-7-23(19(4)5)13-9-12-22-16-14-21(15-17-22)11-8-10-20(6)18(2)3/h18-19H,7-17H2,1-6H3. The van der Waals surface area contributed by atoms with Crippen LogP contribution in [-0.2, 0) is 0 Å². The first-order chi connectivity index (χ1) is 10.9. The molecular weight excluding hydrogens is 284 g/mol. The Bertz CT molecular complexity index is 285. The molecule has 0 aromatic carbocycles. The Morgan fingerprint density at radius 3 is 1.65 bits per heavy atom. The van der Waals surface area contributed by atoms with Gasteiger partial charge in [0.15, 0.2) is 0 Å². The van der Waals surface area contributed by atoms with Crippen LogP contribution in [0.1, 0.15) is 47.5 Å². The summed E-state index contributed by atoms with van der Waals surface area (Å²) in [4.78, 5) is 10.3. The smallest absolute Gasteiger partial charge is 0.0110 e. The first-order valence-electron chi connectivity index (χ1n) is 9.83. The topological polar surface area (TPSA) is 13.0 Å². The molecule has 0 atom stereocenters. The molecule has 0 saturated carbocycles. The predicted octanol–water partition coefficient (Wildman–Crippen LogP) is 2.45. The third-order valence-corrected chi connectivity index (χ3v) is 5.39. The molecule has 0 bridgehead atoms. The Hall–Kier alpha value is -0.160. The fraction of sp³-hybridized carbons (Fsp3) is 1.00. The second kappa shape index (κ2) is 11.4. The minimum Gasteiger partial charge on any atom is -0.304 e. The average molecular weight is 327 g/mol. The SMILES string of the molecule is CCN(CCCN1CCN(CCCN(C)C(C)C)CC1)C(C)C. The van der Waals surface area contributed by atoms with Crippen LogP contribution in [0.4, 0.5) is 0 Å². The van der Waals surface area contributed by atoms with Crippen LogP contribution in [0.5, 0.6) is 0 Å². The third-order valence-electron chi connectivity index (χ3n) is 5.39. The summed E-state index contributed by atoms with van der Waals surface area (Å²) in [6.07, 6.45) is 2.61. The molecule has 0 aliphatic carbocycles. The Balaban J connectivity index is 2.09. The quantitative estimate of drug-likeness (QED) is 0.578. The van der Waals surface area contributed by atoms with Gasteiger partial charge in [-0.3, -0.25) is 0 Å². The summed E-state index contributed by atoms with van der Waals surface area (Å²) in [6, 6.07) is 1.35. The molecule has 138 valence electrons. The van der Waals surface area contributed by atoms with Crippen LogP contribution in [0, 0.1) is 0 Å². The summed E-state index contributed by atoms with van der Waals surface area (Å²) >= 11 is 0. The van der Waals surface area contributed by atoms with Gasteiger partial charge in [0.1, 0.15) is 0 Å². The molecule has 0 radical (unpaired) electrons. The Kier molecular flexibility index (Phi) is 10.4. The van der Waals surface area contributed by atoms with Gasteiger partial charge in [-0.25, -0.2) is 0 Å². The van der Waals surface area contributed by atoms with Crippen LogP contribution in [0.15, 0.2) is 0 Å². The van der Waals surface area contributed by atoms with Gasteiger partial charge in [-0.2, -0.15) is 0 Å². The van der Waals surface area contributed by atoms with E-state index in [1.165, 1.54) is 71.7 Å². The highest BCUT2D eigenvalue weighted by Crippen LogP contribution is 2.06. The van der Waals surface area contributed by atoms with E-state index in [2.05, 4.69) is 61.3 Å². The maximum Gasteiger partial charge on any atom is 0.0110 e. The molecule has 4 nitrogen and oxygen atoms in total. The fourth-order valence-corrected chi connectivity index (χ4v) is 3.32. The van der Waals surface area contributed by atoms with Crippen molar-refractivity contribution in [2.24, 2.45) is 0 Å². The minimum absolute atomic E-state index is 0.667. The minimum atomic E-state index is 0.667.